The van der Waals surface area contributed by atoms with Gasteiger partial charge in [-0.05, 0) is 44.2 Å². The van der Waals surface area contributed by atoms with E-state index >= 15 is 0 Å². The fourth-order valence-electron chi connectivity index (χ4n) is 4.38. The number of carbonyl (C=O) groups excluding carboxylic acids is 2. The Bertz CT molecular complexity index is 1170. The summed E-state index contributed by atoms with van der Waals surface area (Å²) in [4.78, 5) is 30.6. The van der Waals surface area contributed by atoms with Gasteiger partial charge in [-0.25, -0.2) is 9.78 Å². The van der Waals surface area contributed by atoms with Crippen molar-refractivity contribution in [1.82, 2.24) is 9.55 Å². The van der Waals surface area contributed by atoms with Crippen LogP contribution in [0.4, 0.5) is 11.4 Å². The largest absolute Gasteiger partial charge is 0.464 e. The zero-order valence-corrected chi connectivity index (χ0v) is 20.1. The molecule has 2 aromatic heterocycles. The fourth-order valence-corrected chi connectivity index (χ4v) is 4.38. The van der Waals surface area contributed by atoms with E-state index < -0.39 is 12.1 Å². The van der Waals surface area contributed by atoms with Gasteiger partial charge in [-0.15, -0.1) is 0 Å². The number of ether oxygens (including phenoxy) is 2. The fraction of sp³-hybridized carbons (Fsp3) is 0.423. The number of benzene rings is 1. The van der Waals surface area contributed by atoms with E-state index in [0.29, 0.717) is 49.1 Å². The first kappa shape index (κ1) is 24.7. The summed E-state index contributed by atoms with van der Waals surface area (Å²) in [5, 5.41) is 16.1. The van der Waals surface area contributed by atoms with Crippen LogP contribution < -0.4 is 10.6 Å². The first-order valence-electron chi connectivity index (χ1n) is 12.0. The van der Waals surface area contributed by atoms with E-state index in [2.05, 4.69) is 15.6 Å². The number of fused-ring (bicyclic) bond motifs is 1. The Morgan fingerprint density at radius 2 is 2.11 bits per heavy atom. The Labute approximate surface area is 204 Å². The van der Waals surface area contributed by atoms with E-state index in [9.17, 15) is 14.7 Å². The van der Waals surface area contributed by atoms with Crippen LogP contribution in [-0.2, 0) is 27.2 Å². The van der Waals surface area contributed by atoms with Crippen molar-refractivity contribution in [2.75, 3.05) is 31.0 Å². The number of hydrogen-bond acceptors (Lipinski definition) is 7. The molecule has 0 saturated carbocycles. The maximum absolute atomic E-state index is 13.0. The quantitative estimate of drug-likeness (QED) is 0.381. The Kier molecular flexibility index (Phi) is 7.99. The van der Waals surface area contributed by atoms with Crippen molar-refractivity contribution in [3.8, 4) is 0 Å². The molecule has 1 amide bonds. The molecule has 0 unspecified atom stereocenters. The summed E-state index contributed by atoms with van der Waals surface area (Å²) >= 11 is 0. The van der Waals surface area contributed by atoms with Gasteiger partial charge in [0.05, 0.1) is 24.7 Å². The Balaban J connectivity index is 1.78. The van der Waals surface area contributed by atoms with Gasteiger partial charge in [-0.2, -0.15) is 0 Å². The van der Waals surface area contributed by atoms with Crippen molar-refractivity contribution < 1.29 is 24.2 Å². The third-order valence-corrected chi connectivity index (χ3v) is 6.19. The summed E-state index contributed by atoms with van der Waals surface area (Å²) in [6.07, 6.45) is 3.84. The van der Waals surface area contributed by atoms with Crippen molar-refractivity contribution in [3.05, 3.63) is 53.9 Å². The predicted molar refractivity (Wildman–Crippen MR) is 134 cm³/mol. The molecule has 9 nitrogen and oxygen atoms in total. The number of aliphatic hydroxyl groups is 1. The maximum Gasteiger partial charge on any atom is 0.356 e. The van der Waals surface area contributed by atoms with Gasteiger partial charge in [0.25, 0.3) is 5.91 Å². The summed E-state index contributed by atoms with van der Waals surface area (Å²) in [6.45, 7) is 3.04. The number of hydrogen-bond donors (Lipinski definition) is 3. The second-order valence-corrected chi connectivity index (χ2v) is 8.75. The van der Waals surface area contributed by atoms with Gasteiger partial charge in [-0.1, -0.05) is 30.3 Å². The van der Waals surface area contributed by atoms with Crippen molar-refractivity contribution in [1.29, 1.82) is 0 Å². The molecular formula is C26H32N4O5. The van der Waals surface area contributed by atoms with Crippen LogP contribution in [-0.4, -0.2) is 59.0 Å². The summed E-state index contributed by atoms with van der Waals surface area (Å²) in [6, 6.07) is 11.9. The summed E-state index contributed by atoms with van der Waals surface area (Å²) in [7, 11) is 1.32. The number of aliphatic hydroxyl groups excluding tert-OH is 1. The number of anilines is 2. The third kappa shape index (κ3) is 5.63. The van der Waals surface area contributed by atoms with Crippen LogP contribution >= 0.6 is 0 Å². The molecule has 3 N–H and O–H groups in total. The second-order valence-electron chi connectivity index (χ2n) is 8.75. The van der Waals surface area contributed by atoms with E-state index in [-0.39, 0.29) is 24.2 Å². The van der Waals surface area contributed by atoms with Gasteiger partial charge in [0.2, 0.25) is 0 Å². The number of rotatable bonds is 10. The molecule has 0 spiro atoms. The number of nitrogens with one attached hydrogen (secondary N) is 2. The molecule has 1 aliphatic heterocycles. The minimum Gasteiger partial charge on any atom is -0.464 e. The van der Waals surface area contributed by atoms with Crippen LogP contribution in [0.5, 0.6) is 0 Å². The molecule has 1 aromatic carbocycles. The molecule has 3 aromatic rings. The van der Waals surface area contributed by atoms with Gasteiger partial charge in [-0.3, -0.25) is 4.79 Å². The Hall–Kier alpha value is -3.43. The number of carbonyl (C=O) groups is 2. The average molecular weight is 481 g/mol. The van der Waals surface area contributed by atoms with Crippen LogP contribution in [0.2, 0.25) is 0 Å². The van der Waals surface area contributed by atoms with Gasteiger partial charge in [0.1, 0.15) is 11.8 Å². The lowest BCUT2D eigenvalue weighted by Gasteiger charge is -2.14. The molecule has 1 fully saturated rings. The SMILES string of the molecule is COC(=O)c1c(NC(=O)[C@H]2CCCO2)c2cc(N[C@@H](C)CCO)cnc2n1CCc1ccccc1. The van der Waals surface area contributed by atoms with Crippen molar-refractivity contribution in [2.45, 2.75) is 51.3 Å². The molecule has 186 valence electrons. The number of nitrogens with zero attached hydrogens (tertiary/aromatic N) is 2. The topological polar surface area (TPSA) is 115 Å². The monoisotopic (exact) mass is 480 g/mol. The number of methoxy groups -OCH3 is 1. The first-order chi connectivity index (χ1) is 17.0. The molecule has 9 heteroatoms. The van der Waals surface area contributed by atoms with Crippen LogP contribution in [0.1, 0.15) is 42.2 Å². The minimum atomic E-state index is -0.554. The number of amides is 1. The molecular weight excluding hydrogens is 448 g/mol. The van der Waals surface area contributed by atoms with E-state index in [1.165, 1.54) is 7.11 Å². The van der Waals surface area contributed by atoms with Gasteiger partial charge < -0.3 is 29.8 Å². The van der Waals surface area contributed by atoms with Crippen molar-refractivity contribution >= 4 is 34.3 Å². The molecule has 35 heavy (non-hydrogen) atoms. The Morgan fingerprint density at radius 1 is 1.31 bits per heavy atom. The standard InChI is InChI=1S/C26H32N4O5/c1-17(11-13-31)28-19-15-20-22(29-25(32)21-9-6-14-35-21)23(26(33)34-2)30(24(20)27-16-19)12-10-18-7-4-3-5-8-18/h3-5,7-8,15-17,21,28,31H,6,9-14H2,1-2H3,(H,29,32)/t17-,21+/m0/s1. The van der Waals surface area contributed by atoms with E-state index in [1.807, 2.05) is 43.3 Å². The number of esters is 1. The number of aryl methyl sites for hydroxylation is 2. The van der Waals surface area contributed by atoms with Crippen LogP contribution in [0.15, 0.2) is 42.6 Å². The first-order valence-corrected chi connectivity index (χ1v) is 12.0. The Morgan fingerprint density at radius 3 is 2.80 bits per heavy atom. The zero-order chi connectivity index (χ0) is 24.8. The molecule has 3 heterocycles. The van der Waals surface area contributed by atoms with Gasteiger partial charge in [0.15, 0.2) is 5.69 Å². The third-order valence-electron chi connectivity index (χ3n) is 6.19. The molecule has 4 rings (SSSR count). The molecule has 1 aliphatic rings. The van der Waals surface area contributed by atoms with Crippen LogP contribution in [0.3, 0.4) is 0 Å². The number of aromatic nitrogens is 2. The lowest BCUT2D eigenvalue weighted by atomic mass is 10.1. The molecule has 1 saturated heterocycles. The zero-order valence-electron chi connectivity index (χ0n) is 20.1. The summed E-state index contributed by atoms with van der Waals surface area (Å²) in [5.74, 6) is -0.844. The highest BCUT2D eigenvalue weighted by molar-refractivity contribution is 6.12. The number of pyridine rings is 1. The molecule has 2 atom stereocenters. The van der Waals surface area contributed by atoms with Crippen molar-refractivity contribution in [2.24, 2.45) is 0 Å². The molecule has 0 bridgehead atoms. The van der Waals surface area contributed by atoms with E-state index in [0.717, 1.165) is 17.7 Å². The lowest BCUT2D eigenvalue weighted by molar-refractivity contribution is -0.124. The maximum atomic E-state index is 13.0. The highest BCUT2D eigenvalue weighted by atomic mass is 16.5. The van der Waals surface area contributed by atoms with Gasteiger partial charge in [0, 0.05) is 31.2 Å². The summed E-state index contributed by atoms with van der Waals surface area (Å²) in [5.41, 5.74) is 3.03. The van der Waals surface area contributed by atoms with Crippen molar-refractivity contribution in [3.63, 3.8) is 0 Å². The highest BCUT2D eigenvalue weighted by Gasteiger charge is 2.30. The van der Waals surface area contributed by atoms with Crippen LogP contribution in [0, 0.1) is 0 Å². The molecule has 0 aliphatic carbocycles. The van der Waals surface area contributed by atoms with Crippen LogP contribution in [0.25, 0.3) is 11.0 Å². The smallest absolute Gasteiger partial charge is 0.356 e. The second kappa shape index (κ2) is 11.3. The van der Waals surface area contributed by atoms with E-state index in [1.54, 1.807) is 10.8 Å². The predicted octanol–water partition coefficient (Wildman–Crippen LogP) is 3.37. The normalized spacial score (nSPS) is 16.3. The minimum absolute atomic E-state index is 0.0180. The molecule has 0 radical (unpaired) electrons. The van der Waals surface area contributed by atoms with Gasteiger partial charge >= 0.3 is 5.97 Å². The highest BCUT2D eigenvalue weighted by Crippen LogP contribution is 2.33. The van der Waals surface area contributed by atoms with E-state index in [4.69, 9.17) is 9.47 Å². The lowest BCUT2D eigenvalue weighted by Crippen LogP contribution is -2.28. The summed E-state index contributed by atoms with van der Waals surface area (Å²) < 4.78 is 12.5. The average Bonchev–Trinajstić information content (AvgIpc) is 3.50.